The molecule has 0 N–H and O–H groups in total. The standard InChI is InChI=1S/C17H19NO4S/c1-4-13-18(16-7-5-6-8-17(16)22-3)23(19,20)15-11-9-14(21-2)10-12-15/h4-12H,1,13H2,2-3H3. The predicted molar refractivity (Wildman–Crippen MR) is 90.7 cm³/mol. The Bertz CT molecular complexity index is 769. The number of benzene rings is 2. The Morgan fingerprint density at radius 2 is 1.70 bits per heavy atom. The van der Waals surface area contributed by atoms with Crippen molar-refractivity contribution in [2.45, 2.75) is 4.90 Å². The van der Waals surface area contributed by atoms with Gasteiger partial charge < -0.3 is 9.47 Å². The fraction of sp³-hybridized carbons (Fsp3) is 0.176. The molecule has 0 saturated heterocycles. The van der Waals surface area contributed by atoms with Gasteiger partial charge in [0.2, 0.25) is 0 Å². The molecule has 122 valence electrons. The number of sulfonamides is 1. The molecule has 0 aliphatic carbocycles. The quantitative estimate of drug-likeness (QED) is 0.731. The number of anilines is 1. The Morgan fingerprint density at radius 3 is 2.26 bits per heavy atom. The van der Waals surface area contributed by atoms with E-state index in [1.165, 1.54) is 36.7 Å². The summed E-state index contributed by atoms with van der Waals surface area (Å²) in [5, 5.41) is 0. The van der Waals surface area contributed by atoms with Crippen LogP contribution in [0.5, 0.6) is 11.5 Å². The molecule has 0 saturated carbocycles. The molecule has 0 atom stereocenters. The van der Waals surface area contributed by atoms with E-state index in [-0.39, 0.29) is 11.4 Å². The molecular weight excluding hydrogens is 314 g/mol. The van der Waals surface area contributed by atoms with Gasteiger partial charge in [0, 0.05) is 0 Å². The molecule has 2 rings (SSSR count). The molecule has 5 nitrogen and oxygen atoms in total. The Balaban J connectivity index is 2.52. The van der Waals surface area contributed by atoms with E-state index in [9.17, 15) is 8.42 Å². The Labute approximate surface area is 136 Å². The highest BCUT2D eigenvalue weighted by atomic mass is 32.2. The minimum absolute atomic E-state index is 0.134. The van der Waals surface area contributed by atoms with Crippen LogP contribution in [0.25, 0.3) is 0 Å². The van der Waals surface area contributed by atoms with Gasteiger partial charge in [0.1, 0.15) is 11.5 Å². The van der Waals surface area contributed by atoms with E-state index < -0.39 is 10.0 Å². The zero-order valence-corrected chi connectivity index (χ0v) is 13.9. The van der Waals surface area contributed by atoms with Crippen LogP contribution < -0.4 is 13.8 Å². The maximum absolute atomic E-state index is 13.0. The average Bonchev–Trinajstić information content (AvgIpc) is 2.59. The van der Waals surface area contributed by atoms with Gasteiger partial charge in [-0.1, -0.05) is 18.2 Å². The zero-order valence-electron chi connectivity index (χ0n) is 13.1. The maximum Gasteiger partial charge on any atom is 0.264 e. The van der Waals surface area contributed by atoms with E-state index in [2.05, 4.69) is 6.58 Å². The van der Waals surface area contributed by atoms with Crippen LogP contribution in [0.4, 0.5) is 5.69 Å². The van der Waals surface area contributed by atoms with Crippen molar-refractivity contribution in [3.05, 3.63) is 61.2 Å². The van der Waals surface area contributed by atoms with Gasteiger partial charge in [0.05, 0.1) is 31.3 Å². The monoisotopic (exact) mass is 333 g/mol. The van der Waals surface area contributed by atoms with Crippen LogP contribution in [0.2, 0.25) is 0 Å². The van der Waals surface area contributed by atoms with Crippen molar-refractivity contribution in [3.8, 4) is 11.5 Å². The number of hydrogen-bond donors (Lipinski definition) is 0. The predicted octanol–water partition coefficient (Wildman–Crippen LogP) is 3.09. The molecule has 0 heterocycles. The van der Waals surface area contributed by atoms with E-state index in [0.29, 0.717) is 17.2 Å². The Hall–Kier alpha value is -2.47. The van der Waals surface area contributed by atoms with Crippen LogP contribution in [0.15, 0.2) is 66.1 Å². The lowest BCUT2D eigenvalue weighted by atomic mass is 10.3. The first-order valence-electron chi connectivity index (χ1n) is 6.95. The second kappa shape index (κ2) is 7.19. The molecule has 0 spiro atoms. The highest BCUT2D eigenvalue weighted by Gasteiger charge is 2.26. The molecule has 0 radical (unpaired) electrons. The van der Waals surface area contributed by atoms with Gasteiger partial charge in [-0.3, -0.25) is 4.31 Å². The molecular formula is C17H19NO4S. The van der Waals surface area contributed by atoms with Crippen molar-refractivity contribution < 1.29 is 17.9 Å². The van der Waals surface area contributed by atoms with Gasteiger partial charge in [-0.2, -0.15) is 0 Å². The normalized spacial score (nSPS) is 10.9. The number of methoxy groups -OCH3 is 2. The van der Waals surface area contributed by atoms with E-state index in [4.69, 9.17) is 9.47 Å². The SMILES string of the molecule is C=CCN(c1ccccc1OC)S(=O)(=O)c1ccc(OC)cc1. The first-order chi connectivity index (χ1) is 11.0. The smallest absolute Gasteiger partial charge is 0.264 e. The second-order valence-electron chi connectivity index (χ2n) is 4.67. The van der Waals surface area contributed by atoms with Gasteiger partial charge >= 0.3 is 0 Å². The summed E-state index contributed by atoms with van der Waals surface area (Å²) in [6.07, 6.45) is 1.54. The molecule has 6 heteroatoms. The summed E-state index contributed by atoms with van der Waals surface area (Å²) in [6, 6.07) is 13.2. The number of para-hydroxylation sites is 2. The molecule has 0 aromatic heterocycles. The van der Waals surface area contributed by atoms with Gasteiger partial charge in [0.15, 0.2) is 0 Å². The number of ether oxygens (including phenoxy) is 2. The third-order valence-corrected chi connectivity index (χ3v) is 5.09. The molecule has 0 unspecified atom stereocenters. The third-order valence-electron chi connectivity index (χ3n) is 3.30. The highest BCUT2D eigenvalue weighted by Crippen LogP contribution is 2.32. The van der Waals surface area contributed by atoms with Crippen molar-refractivity contribution in [2.24, 2.45) is 0 Å². The van der Waals surface area contributed by atoms with Crippen molar-refractivity contribution in [1.29, 1.82) is 0 Å². The van der Waals surface area contributed by atoms with Crippen molar-refractivity contribution in [3.63, 3.8) is 0 Å². The second-order valence-corrected chi connectivity index (χ2v) is 6.53. The minimum Gasteiger partial charge on any atom is -0.497 e. The van der Waals surface area contributed by atoms with Crippen LogP contribution in [-0.4, -0.2) is 29.2 Å². The van der Waals surface area contributed by atoms with E-state index in [1.807, 2.05) is 0 Å². The molecule has 0 bridgehead atoms. The lowest BCUT2D eigenvalue weighted by molar-refractivity contribution is 0.414. The minimum atomic E-state index is -3.75. The summed E-state index contributed by atoms with van der Waals surface area (Å²) in [5.41, 5.74) is 0.464. The van der Waals surface area contributed by atoms with E-state index in [0.717, 1.165) is 0 Å². The summed E-state index contributed by atoms with van der Waals surface area (Å²) in [7, 11) is -0.712. The molecule has 23 heavy (non-hydrogen) atoms. The van der Waals surface area contributed by atoms with Crippen LogP contribution in [0.1, 0.15) is 0 Å². The van der Waals surface area contributed by atoms with Gasteiger partial charge in [0.25, 0.3) is 10.0 Å². The molecule has 2 aromatic rings. The summed E-state index contributed by atoms with van der Waals surface area (Å²) in [5.74, 6) is 1.07. The first-order valence-corrected chi connectivity index (χ1v) is 8.39. The third kappa shape index (κ3) is 3.48. The summed E-state index contributed by atoms with van der Waals surface area (Å²) >= 11 is 0. The first kappa shape index (κ1) is 16.9. The fourth-order valence-electron chi connectivity index (χ4n) is 2.15. The van der Waals surface area contributed by atoms with Crippen LogP contribution in [-0.2, 0) is 10.0 Å². The molecule has 0 amide bonds. The highest BCUT2D eigenvalue weighted by molar-refractivity contribution is 7.92. The summed E-state index contributed by atoms with van der Waals surface area (Å²) in [6.45, 7) is 3.78. The largest absolute Gasteiger partial charge is 0.497 e. The lowest BCUT2D eigenvalue weighted by Crippen LogP contribution is -2.31. The lowest BCUT2D eigenvalue weighted by Gasteiger charge is -2.24. The fourth-order valence-corrected chi connectivity index (χ4v) is 3.60. The maximum atomic E-state index is 13.0. The molecule has 0 fully saturated rings. The van der Waals surface area contributed by atoms with Gasteiger partial charge in [-0.05, 0) is 36.4 Å². The number of hydrogen-bond acceptors (Lipinski definition) is 4. The molecule has 2 aromatic carbocycles. The summed E-state index contributed by atoms with van der Waals surface area (Å²) in [4.78, 5) is 0.172. The van der Waals surface area contributed by atoms with E-state index in [1.54, 1.807) is 36.4 Å². The van der Waals surface area contributed by atoms with Crippen LogP contribution >= 0.6 is 0 Å². The molecule has 0 aliphatic heterocycles. The average molecular weight is 333 g/mol. The Morgan fingerprint density at radius 1 is 1.04 bits per heavy atom. The Kier molecular flexibility index (Phi) is 5.28. The van der Waals surface area contributed by atoms with Gasteiger partial charge in [-0.25, -0.2) is 8.42 Å². The number of nitrogens with zero attached hydrogens (tertiary/aromatic N) is 1. The van der Waals surface area contributed by atoms with Crippen molar-refractivity contribution in [2.75, 3.05) is 25.1 Å². The van der Waals surface area contributed by atoms with E-state index >= 15 is 0 Å². The summed E-state index contributed by atoms with van der Waals surface area (Å²) < 4.78 is 37.6. The van der Waals surface area contributed by atoms with Crippen LogP contribution in [0.3, 0.4) is 0 Å². The zero-order chi connectivity index (χ0) is 16.9. The van der Waals surface area contributed by atoms with Crippen molar-refractivity contribution in [1.82, 2.24) is 0 Å². The van der Waals surface area contributed by atoms with Crippen LogP contribution in [0, 0.1) is 0 Å². The van der Waals surface area contributed by atoms with Gasteiger partial charge in [-0.15, -0.1) is 6.58 Å². The number of rotatable bonds is 7. The topological polar surface area (TPSA) is 55.8 Å². The van der Waals surface area contributed by atoms with Crippen molar-refractivity contribution >= 4 is 15.7 Å². The molecule has 0 aliphatic rings.